The lowest BCUT2D eigenvalue weighted by atomic mass is 9.46. The predicted molar refractivity (Wildman–Crippen MR) is 141 cm³/mol. The number of esters is 1. The van der Waals surface area contributed by atoms with Gasteiger partial charge in [0.2, 0.25) is 0 Å². The van der Waals surface area contributed by atoms with Crippen molar-refractivity contribution >= 4 is 11.8 Å². The molecule has 0 N–H and O–H groups in total. The SMILES string of the molecule is CC(=O)O[C@@H]1C=C2C(=O)C[C@H]3[C@@H]4CC[C@H]([C@H](C)[C@H]5C[C@@]5(C)[C@@H](C)C(C)C)[C@@]4(C)CC[C@@H]3[C@@]2(C)CC1. The van der Waals surface area contributed by atoms with Gasteiger partial charge in [-0.15, -0.1) is 0 Å². The Kier molecular flexibility index (Phi) is 6.16. The quantitative estimate of drug-likeness (QED) is 0.378. The topological polar surface area (TPSA) is 43.4 Å². The molecule has 5 aliphatic carbocycles. The molecule has 196 valence electrons. The van der Waals surface area contributed by atoms with E-state index in [-0.39, 0.29) is 17.5 Å². The first-order valence-corrected chi connectivity index (χ1v) is 14.8. The molecule has 0 heterocycles. The Bertz CT molecular complexity index is 918. The van der Waals surface area contributed by atoms with Gasteiger partial charge in [-0.1, -0.05) is 48.5 Å². The summed E-state index contributed by atoms with van der Waals surface area (Å²) in [5.41, 5.74) is 1.86. The number of ketones is 1. The van der Waals surface area contributed by atoms with Gasteiger partial charge >= 0.3 is 5.97 Å². The zero-order valence-electron chi connectivity index (χ0n) is 23.7. The van der Waals surface area contributed by atoms with Gasteiger partial charge in [0.25, 0.3) is 0 Å². The lowest BCUT2D eigenvalue weighted by Gasteiger charge is -2.58. The Morgan fingerprint density at radius 1 is 0.971 bits per heavy atom. The molecular weight excluding hydrogens is 432 g/mol. The highest BCUT2D eigenvalue weighted by atomic mass is 16.5. The fourth-order valence-corrected chi connectivity index (χ4v) is 10.5. The summed E-state index contributed by atoms with van der Waals surface area (Å²) in [4.78, 5) is 25.1. The van der Waals surface area contributed by atoms with Crippen LogP contribution in [0, 0.1) is 63.6 Å². The summed E-state index contributed by atoms with van der Waals surface area (Å²) in [5, 5.41) is 0. The lowest BCUT2D eigenvalue weighted by Crippen LogP contribution is -2.53. The molecular formula is C32H50O3. The van der Waals surface area contributed by atoms with E-state index in [0.29, 0.717) is 40.8 Å². The van der Waals surface area contributed by atoms with E-state index in [4.69, 9.17) is 4.74 Å². The van der Waals surface area contributed by atoms with Crippen LogP contribution < -0.4 is 0 Å². The summed E-state index contributed by atoms with van der Waals surface area (Å²) in [6, 6.07) is 0. The first kappa shape index (κ1) is 25.5. The number of ether oxygens (including phenoxy) is 1. The third kappa shape index (κ3) is 3.80. The zero-order valence-corrected chi connectivity index (χ0v) is 23.7. The minimum absolute atomic E-state index is 0.0383. The number of fused-ring (bicyclic) bond motifs is 5. The number of allylic oxidation sites excluding steroid dienone is 1. The van der Waals surface area contributed by atoms with Crippen molar-refractivity contribution in [2.45, 2.75) is 113 Å². The fourth-order valence-electron chi connectivity index (χ4n) is 10.5. The average molecular weight is 483 g/mol. The Hall–Kier alpha value is -1.12. The van der Waals surface area contributed by atoms with Crippen molar-refractivity contribution in [2.24, 2.45) is 63.6 Å². The second-order valence-electron chi connectivity index (χ2n) is 14.6. The molecule has 5 aliphatic rings. The monoisotopic (exact) mass is 482 g/mol. The van der Waals surface area contributed by atoms with Crippen LogP contribution >= 0.6 is 0 Å². The molecule has 4 fully saturated rings. The number of carbonyl (C=O) groups is 2. The fraction of sp³-hybridized carbons (Fsp3) is 0.875. The van der Waals surface area contributed by atoms with Gasteiger partial charge in [0.1, 0.15) is 6.10 Å². The van der Waals surface area contributed by atoms with Gasteiger partial charge in [-0.2, -0.15) is 0 Å². The summed E-state index contributed by atoms with van der Waals surface area (Å²) < 4.78 is 5.50. The Labute approximate surface area is 214 Å². The predicted octanol–water partition coefficient (Wildman–Crippen LogP) is 7.63. The molecule has 5 rings (SSSR count). The van der Waals surface area contributed by atoms with Crippen LogP contribution in [0.15, 0.2) is 11.6 Å². The molecule has 0 amide bonds. The van der Waals surface area contributed by atoms with Crippen LogP contribution in [0.5, 0.6) is 0 Å². The van der Waals surface area contributed by atoms with E-state index < -0.39 is 0 Å². The summed E-state index contributed by atoms with van der Waals surface area (Å²) in [6.07, 6.45) is 11.0. The molecule has 3 nitrogen and oxygen atoms in total. The van der Waals surface area contributed by atoms with Gasteiger partial charge in [0.05, 0.1) is 0 Å². The maximum Gasteiger partial charge on any atom is 0.303 e. The molecule has 0 aromatic carbocycles. The van der Waals surface area contributed by atoms with E-state index in [2.05, 4.69) is 48.5 Å². The third-order valence-electron chi connectivity index (χ3n) is 12.9. The minimum Gasteiger partial charge on any atom is -0.458 e. The summed E-state index contributed by atoms with van der Waals surface area (Å²) in [5.74, 6) is 5.93. The molecule has 0 unspecified atom stereocenters. The summed E-state index contributed by atoms with van der Waals surface area (Å²) >= 11 is 0. The Morgan fingerprint density at radius 2 is 1.69 bits per heavy atom. The van der Waals surface area contributed by atoms with Crippen LogP contribution in [0.2, 0.25) is 0 Å². The highest BCUT2D eigenvalue weighted by molar-refractivity contribution is 5.98. The molecule has 0 bridgehead atoms. The second-order valence-corrected chi connectivity index (χ2v) is 14.6. The number of carbonyl (C=O) groups excluding carboxylic acids is 2. The van der Waals surface area contributed by atoms with Gasteiger partial charge in [0.15, 0.2) is 5.78 Å². The van der Waals surface area contributed by atoms with Crippen molar-refractivity contribution in [3.63, 3.8) is 0 Å². The Morgan fingerprint density at radius 3 is 2.34 bits per heavy atom. The van der Waals surface area contributed by atoms with Gasteiger partial charge in [0, 0.05) is 18.9 Å². The maximum atomic E-state index is 13.6. The highest BCUT2D eigenvalue weighted by Gasteiger charge is 2.64. The number of hydrogen-bond donors (Lipinski definition) is 0. The van der Waals surface area contributed by atoms with Crippen molar-refractivity contribution in [1.82, 2.24) is 0 Å². The molecule has 35 heavy (non-hydrogen) atoms. The first-order chi connectivity index (χ1) is 16.3. The molecule has 0 aromatic rings. The molecule has 0 radical (unpaired) electrons. The molecule has 0 spiro atoms. The molecule has 11 atom stereocenters. The summed E-state index contributed by atoms with van der Waals surface area (Å²) in [6.45, 7) is 18.9. The molecule has 0 aliphatic heterocycles. The van der Waals surface area contributed by atoms with Gasteiger partial charge in [-0.25, -0.2) is 0 Å². The normalized spacial score (nSPS) is 48.4. The van der Waals surface area contributed by atoms with Crippen LogP contribution in [-0.4, -0.2) is 17.9 Å². The minimum atomic E-state index is -0.245. The van der Waals surface area contributed by atoms with Gasteiger partial charge < -0.3 is 4.74 Å². The van der Waals surface area contributed by atoms with Gasteiger partial charge in [-0.05, 0) is 115 Å². The maximum absolute atomic E-state index is 13.6. The molecule has 0 saturated heterocycles. The zero-order chi connectivity index (χ0) is 25.5. The largest absolute Gasteiger partial charge is 0.458 e. The lowest BCUT2D eigenvalue weighted by molar-refractivity contribution is -0.146. The smallest absolute Gasteiger partial charge is 0.303 e. The second kappa shape index (κ2) is 8.45. The summed E-state index contributed by atoms with van der Waals surface area (Å²) in [7, 11) is 0. The first-order valence-electron chi connectivity index (χ1n) is 14.8. The van der Waals surface area contributed by atoms with E-state index in [1.807, 2.05) is 6.08 Å². The number of hydrogen-bond acceptors (Lipinski definition) is 3. The van der Waals surface area contributed by atoms with Crippen molar-refractivity contribution < 1.29 is 14.3 Å². The van der Waals surface area contributed by atoms with Crippen LogP contribution in [0.25, 0.3) is 0 Å². The van der Waals surface area contributed by atoms with Crippen molar-refractivity contribution in [2.75, 3.05) is 0 Å². The molecule has 0 aromatic heterocycles. The number of rotatable bonds is 5. The van der Waals surface area contributed by atoms with Crippen LogP contribution in [0.1, 0.15) is 107 Å². The van der Waals surface area contributed by atoms with E-state index in [0.717, 1.165) is 48.0 Å². The van der Waals surface area contributed by atoms with E-state index in [1.165, 1.54) is 39.0 Å². The van der Waals surface area contributed by atoms with Crippen LogP contribution in [0.4, 0.5) is 0 Å². The molecule has 4 saturated carbocycles. The highest BCUT2D eigenvalue weighted by Crippen LogP contribution is 2.71. The van der Waals surface area contributed by atoms with Crippen molar-refractivity contribution in [3.8, 4) is 0 Å². The van der Waals surface area contributed by atoms with E-state index in [1.54, 1.807) is 0 Å². The third-order valence-corrected chi connectivity index (χ3v) is 12.9. The van der Waals surface area contributed by atoms with Crippen LogP contribution in [-0.2, 0) is 14.3 Å². The van der Waals surface area contributed by atoms with Crippen molar-refractivity contribution in [3.05, 3.63) is 11.6 Å². The van der Waals surface area contributed by atoms with E-state index >= 15 is 0 Å². The van der Waals surface area contributed by atoms with E-state index in [9.17, 15) is 9.59 Å². The van der Waals surface area contributed by atoms with Crippen molar-refractivity contribution in [1.29, 1.82) is 0 Å². The molecule has 3 heteroatoms. The Balaban J connectivity index is 1.36. The average Bonchev–Trinajstić information content (AvgIpc) is 3.35. The number of Topliss-reactive ketones (excluding diaryl/α,β-unsaturated/α-hetero) is 1. The standard InChI is InChI=1S/C32H50O3/c1-18(2)20(4)32(8)17-28(32)19(3)24-9-10-25-23-16-29(34)27-15-22(35-21(5)33)11-13-31(27,7)26(23)12-14-30(24,25)6/h15,18-20,22-26,28H,9-14,16-17H2,1-8H3/t19-,20-,22-,23-,24+,25-,26-,28+,30+,31+,32-/m0/s1. The van der Waals surface area contributed by atoms with Gasteiger partial charge in [-0.3, -0.25) is 9.59 Å². The van der Waals surface area contributed by atoms with Crippen LogP contribution in [0.3, 0.4) is 0 Å².